The summed E-state index contributed by atoms with van der Waals surface area (Å²) in [5.41, 5.74) is 13.9. The second kappa shape index (κ2) is 78.5. The van der Waals surface area contributed by atoms with Gasteiger partial charge in [0.15, 0.2) is 34.5 Å². The number of aromatic nitrogens is 4. The van der Waals surface area contributed by atoms with E-state index >= 15 is 0 Å². The van der Waals surface area contributed by atoms with Gasteiger partial charge in [0.2, 0.25) is 0 Å². The SMILES string of the molecule is CCCCCCCCCCCCCCOc1cc2c(cc1OCCCCCCCCCCCCCC)C#Cc1cc(OCCCCCCCCCCCCCC)c(OCCCCCCCCCCCCCCOc3cccc(C#Cc4cc5cc6ccc(cc7nc(cc8nc(cc4[nH]5)C=C8)C=C7)[nH]6)c3)cc1C#Cc1cc(OCCCCCCCCCCCCCC)c(OCCCCCCCCCCCCCC)cc1C#C2. The number of hydrogen-bond donors (Lipinski definition) is 2. The van der Waals surface area contributed by atoms with Gasteiger partial charge in [-0.25, -0.2) is 9.97 Å². The van der Waals surface area contributed by atoms with Crippen LogP contribution in [-0.2, 0) is 0 Å². The second-order valence-corrected chi connectivity index (χ2v) is 42.8. The van der Waals surface area contributed by atoms with Crippen LogP contribution in [0.4, 0.5) is 0 Å². The summed E-state index contributed by atoms with van der Waals surface area (Å²) < 4.78 is 48.0. The molecule has 147 heavy (non-hydrogen) atoms. The summed E-state index contributed by atoms with van der Waals surface area (Å²) in [6.07, 6.45) is 99.8. The molecule has 7 aromatic rings. The molecule has 0 spiro atoms. The predicted molar refractivity (Wildman–Crippen MR) is 628 cm³/mol. The lowest BCUT2D eigenvalue weighted by molar-refractivity contribution is 0.258. The molecule has 8 bridgehead atoms. The molecule has 1 aliphatic carbocycles. The molecule has 5 heterocycles. The van der Waals surface area contributed by atoms with Crippen LogP contribution in [0.25, 0.3) is 46.4 Å². The van der Waals surface area contributed by atoms with E-state index in [1.54, 1.807) is 0 Å². The van der Waals surface area contributed by atoms with Gasteiger partial charge in [-0.15, -0.1) is 0 Å². The average Bonchev–Trinajstić information content (AvgIpc) is 1.59. The molecule has 0 unspecified atom stereocenters. The number of fused-ring (bicyclic) bond motifs is 11. The smallest absolute Gasteiger partial charge is 0.162 e. The monoisotopic (exact) mass is 2000 g/mol. The van der Waals surface area contributed by atoms with Crippen LogP contribution in [0.3, 0.4) is 0 Å². The minimum Gasteiger partial charge on any atom is -0.494 e. The first kappa shape index (κ1) is 119. The molecular formula is C136H196N4O7. The molecule has 11 nitrogen and oxygen atoms in total. The van der Waals surface area contributed by atoms with Gasteiger partial charge >= 0.3 is 0 Å². The number of benzene rings is 4. The number of hydrogen-bond acceptors (Lipinski definition) is 9. The average molecular weight is 2000 g/mol. The third kappa shape index (κ3) is 52.1. The highest BCUT2D eigenvalue weighted by molar-refractivity contribution is 5.80. The fourth-order valence-corrected chi connectivity index (χ4v) is 20.3. The van der Waals surface area contributed by atoms with Gasteiger partial charge in [0.1, 0.15) is 5.75 Å². The molecule has 802 valence electrons. The molecule has 2 aliphatic heterocycles. The lowest BCUT2D eigenvalue weighted by Gasteiger charge is -2.16. The van der Waals surface area contributed by atoms with Crippen LogP contribution in [0.1, 0.15) is 564 Å². The van der Waals surface area contributed by atoms with Crippen LogP contribution < -0.4 is 33.2 Å². The van der Waals surface area contributed by atoms with Crippen LogP contribution >= 0.6 is 0 Å². The molecule has 0 fully saturated rings. The maximum atomic E-state index is 6.98. The van der Waals surface area contributed by atoms with Gasteiger partial charge < -0.3 is 43.1 Å². The van der Waals surface area contributed by atoms with E-state index in [4.69, 9.17) is 43.1 Å². The van der Waals surface area contributed by atoms with Gasteiger partial charge in [-0.2, -0.15) is 0 Å². The van der Waals surface area contributed by atoms with E-state index in [1.165, 1.54) is 372 Å². The van der Waals surface area contributed by atoms with Gasteiger partial charge in [-0.05, 0) is 130 Å². The van der Waals surface area contributed by atoms with Crippen molar-refractivity contribution in [1.29, 1.82) is 0 Å². The second-order valence-electron chi connectivity index (χ2n) is 42.8. The highest BCUT2D eigenvalue weighted by Crippen LogP contribution is 2.38. The summed E-state index contributed by atoms with van der Waals surface area (Å²) in [7, 11) is 0. The Bertz CT molecular complexity index is 4940. The zero-order valence-corrected chi connectivity index (χ0v) is 93.2. The van der Waals surface area contributed by atoms with Crippen molar-refractivity contribution in [1.82, 2.24) is 19.9 Å². The first-order valence-electron chi connectivity index (χ1n) is 61.0. The molecule has 0 radical (unpaired) electrons. The molecular weight excluding hydrogens is 1800 g/mol. The van der Waals surface area contributed by atoms with Crippen molar-refractivity contribution < 1.29 is 33.2 Å². The standard InChI is InChI=1S/C136H196N4O7/c1-6-11-16-21-26-31-36-43-51-58-65-72-96-142-131-104-115-83-84-116-105-132(143-97-73-66-59-52-44-37-32-27-22-17-12-7-2)134(145-99-75-68-61-54-46-39-34-29-24-19-14-9-4)107-118(116)87-88-120-109-136(135(146-100-76-69-62-55-47-40-35-30-25-20-15-10-5)108-119(120)86-85-117(115)106-133(131)144-98-74-67-60-53-45-38-33-28-23-18-13-8-3)147-101-77-70-63-56-49-42-41-48-50-57-64-71-95-141-129-80-78-79-114(102-129)81-82-121-103-128-112-126-92-91-124(138-126)110-122-89-90-123(137-122)111-125-93-94-127(139-125)113-130(121)140-128/h78-80,89-94,102-113,138,140H,6-77,95-101H2,1-5H3. The first-order valence-corrected chi connectivity index (χ1v) is 61.0. The Kier molecular flexibility index (Phi) is 63.7. The van der Waals surface area contributed by atoms with E-state index in [2.05, 4.69) is 177 Å². The number of unbranched alkanes of at least 4 members (excludes halogenated alkanes) is 66. The minimum atomic E-state index is 0.591. The zero-order valence-electron chi connectivity index (χ0n) is 93.2. The fraction of sp³-hybridized carbons (Fsp3) is 0.618. The Morgan fingerprint density at radius 3 is 0.701 bits per heavy atom. The molecule has 3 aliphatic rings. The summed E-state index contributed by atoms with van der Waals surface area (Å²) in [5, 5.41) is 0. The van der Waals surface area contributed by atoms with Crippen molar-refractivity contribution in [3.63, 3.8) is 0 Å². The molecule has 10 rings (SSSR count). The minimum absolute atomic E-state index is 0.591. The topological polar surface area (TPSA) is 122 Å². The van der Waals surface area contributed by atoms with E-state index in [1.807, 2.05) is 42.5 Å². The van der Waals surface area contributed by atoms with Crippen molar-refractivity contribution in [3.8, 4) is 87.6 Å². The van der Waals surface area contributed by atoms with Gasteiger partial charge in [0.25, 0.3) is 0 Å². The van der Waals surface area contributed by atoms with Crippen molar-refractivity contribution in [2.24, 2.45) is 0 Å². The van der Waals surface area contributed by atoms with E-state index in [-0.39, 0.29) is 0 Å². The lowest BCUT2D eigenvalue weighted by Crippen LogP contribution is -2.05. The number of H-pyrrole nitrogens is 2. The van der Waals surface area contributed by atoms with Gasteiger partial charge in [0, 0.05) is 91.9 Å². The van der Waals surface area contributed by atoms with Gasteiger partial charge in [0.05, 0.1) is 80.1 Å². The Hall–Kier alpha value is -9.68. The fourth-order valence-electron chi connectivity index (χ4n) is 20.3. The predicted octanol–water partition coefficient (Wildman–Crippen LogP) is 40.1. The molecule has 0 amide bonds. The summed E-state index contributed by atoms with van der Waals surface area (Å²) in [6, 6.07) is 35.4. The van der Waals surface area contributed by atoms with Crippen LogP contribution in [0.2, 0.25) is 0 Å². The Labute approximate surface area is 894 Å². The van der Waals surface area contributed by atoms with Gasteiger partial charge in [-0.3, -0.25) is 0 Å². The summed E-state index contributed by atoms with van der Waals surface area (Å²) >= 11 is 0. The zero-order chi connectivity index (χ0) is 102. The van der Waals surface area contributed by atoms with Crippen LogP contribution in [-0.4, -0.2) is 66.2 Å². The first-order chi connectivity index (χ1) is 72.8. The van der Waals surface area contributed by atoms with E-state index < -0.39 is 0 Å². The number of nitrogens with one attached hydrogen (secondary N) is 2. The summed E-state index contributed by atoms with van der Waals surface area (Å²) in [6.45, 7) is 15.9. The van der Waals surface area contributed by atoms with Crippen LogP contribution in [0, 0.1) is 47.4 Å². The Morgan fingerprint density at radius 1 is 0.204 bits per heavy atom. The van der Waals surface area contributed by atoms with Gasteiger partial charge in [-0.1, -0.05) is 505 Å². The van der Waals surface area contributed by atoms with Crippen LogP contribution in [0.5, 0.6) is 40.2 Å². The van der Waals surface area contributed by atoms with Crippen molar-refractivity contribution in [2.45, 2.75) is 497 Å². The Balaban J connectivity index is 0.811. The maximum Gasteiger partial charge on any atom is 0.162 e. The van der Waals surface area contributed by atoms with Crippen molar-refractivity contribution >= 4 is 46.4 Å². The number of nitrogens with zero attached hydrogens (tertiary/aromatic N) is 2. The van der Waals surface area contributed by atoms with E-state index in [0.29, 0.717) is 46.2 Å². The largest absolute Gasteiger partial charge is 0.494 e. The maximum absolute atomic E-state index is 6.98. The van der Waals surface area contributed by atoms with Crippen LogP contribution in [0.15, 0.2) is 103 Å². The molecule has 11 heteroatoms. The van der Waals surface area contributed by atoms with Crippen molar-refractivity contribution in [2.75, 3.05) is 46.2 Å². The highest BCUT2D eigenvalue weighted by Gasteiger charge is 2.19. The summed E-state index contributed by atoms with van der Waals surface area (Å²) in [4.78, 5) is 16.8. The number of ether oxygens (including phenoxy) is 7. The number of rotatable bonds is 87. The van der Waals surface area contributed by atoms with E-state index in [0.717, 1.165) is 219 Å². The summed E-state index contributed by atoms with van der Waals surface area (Å²) in [5.74, 6) is 34.5. The quantitative estimate of drug-likeness (QED) is 0.0283. The molecule has 2 N–H and O–H groups in total. The third-order valence-electron chi connectivity index (χ3n) is 29.4. The Morgan fingerprint density at radius 2 is 0.435 bits per heavy atom. The van der Waals surface area contributed by atoms with Crippen molar-refractivity contribution in [3.05, 3.63) is 170 Å². The molecule has 0 saturated carbocycles. The normalized spacial score (nSPS) is 11.7. The number of aromatic amines is 2. The molecule has 4 aromatic carbocycles. The molecule has 3 aromatic heterocycles. The van der Waals surface area contributed by atoms with E-state index in [9.17, 15) is 0 Å². The molecule has 0 atom stereocenters. The molecule has 0 saturated heterocycles. The third-order valence-corrected chi connectivity index (χ3v) is 29.4. The highest BCUT2D eigenvalue weighted by atomic mass is 16.5. The lowest BCUT2D eigenvalue weighted by atomic mass is 10.0.